The lowest BCUT2D eigenvalue weighted by molar-refractivity contribution is 1.21. The van der Waals surface area contributed by atoms with Gasteiger partial charge in [-0.1, -0.05) is 0 Å². The van der Waals surface area contributed by atoms with Gasteiger partial charge in [-0.05, 0) is 31.2 Å². The molecule has 1 aromatic heterocycles. The second kappa shape index (κ2) is 3.54. The highest BCUT2D eigenvalue weighted by Gasteiger charge is 2.02. The Morgan fingerprint density at radius 1 is 1.36 bits per heavy atom. The zero-order valence-electron chi connectivity index (χ0n) is 8.12. The van der Waals surface area contributed by atoms with Gasteiger partial charge in [0.25, 0.3) is 0 Å². The van der Waals surface area contributed by atoms with E-state index in [0.717, 1.165) is 28.8 Å². The summed E-state index contributed by atoms with van der Waals surface area (Å²) in [5.41, 5.74) is 8.60. The Kier molecular flexibility index (Phi) is 2.23. The highest BCUT2D eigenvalue weighted by Crippen LogP contribution is 2.25. The van der Waals surface area contributed by atoms with E-state index in [1.807, 2.05) is 24.3 Å². The first-order chi connectivity index (χ1) is 6.83. The molecule has 0 saturated carbocycles. The summed E-state index contributed by atoms with van der Waals surface area (Å²) in [7, 11) is 0. The van der Waals surface area contributed by atoms with Crippen LogP contribution in [0.3, 0.4) is 0 Å². The lowest BCUT2D eigenvalue weighted by atomic mass is 10.1. The van der Waals surface area contributed by atoms with E-state index in [9.17, 15) is 0 Å². The number of benzene rings is 1. The highest BCUT2D eigenvalue weighted by atomic mass is 14.9. The fraction of sp³-hybridized carbons (Fsp3) is 0.182. The number of nitrogens with one attached hydrogen (secondary N) is 1. The molecule has 3 nitrogen and oxygen atoms in total. The summed E-state index contributed by atoms with van der Waals surface area (Å²) in [6, 6.07) is 7.75. The van der Waals surface area contributed by atoms with E-state index in [4.69, 9.17) is 5.73 Å². The van der Waals surface area contributed by atoms with Crippen molar-refractivity contribution in [2.24, 2.45) is 0 Å². The van der Waals surface area contributed by atoms with Crippen LogP contribution < -0.4 is 11.1 Å². The minimum Gasteiger partial charge on any atom is -0.398 e. The first kappa shape index (κ1) is 8.81. The molecule has 2 aromatic rings. The number of fused-ring (bicyclic) bond motifs is 1. The standard InChI is InChI=1S/C11H13N3/c1-2-13-10-6-5-9(12)8-4-3-7-14-11(8)10/h3-7,13H,2,12H2,1H3. The van der Waals surface area contributed by atoms with Crippen LogP contribution in [0.25, 0.3) is 10.9 Å². The summed E-state index contributed by atoms with van der Waals surface area (Å²) < 4.78 is 0. The molecule has 3 heteroatoms. The van der Waals surface area contributed by atoms with Crippen LogP contribution in [0.5, 0.6) is 0 Å². The fourth-order valence-corrected chi connectivity index (χ4v) is 1.53. The molecule has 0 radical (unpaired) electrons. The molecule has 0 saturated heterocycles. The Morgan fingerprint density at radius 3 is 3.00 bits per heavy atom. The summed E-state index contributed by atoms with van der Waals surface area (Å²) in [6.07, 6.45) is 1.78. The molecule has 14 heavy (non-hydrogen) atoms. The summed E-state index contributed by atoms with van der Waals surface area (Å²) in [4.78, 5) is 4.32. The topological polar surface area (TPSA) is 50.9 Å². The molecule has 0 fully saturated rings. The maximum absolute atomic E-state index is 5.85. The molecule has 1 aromatic carbocycles. The van der Waals surface area contributed by atoms with Gasteiger partial charge in [-0.3, -0.25) is 4.98 Å². The molecule has 0 amide bonds. The fourth-order valence-electron chi connectivity index (χ4n) is 1.53. The second-order valence-electron chi connectivity index (χ2n) is 3.13. The Hall–Kier alpha value is -1.77. The van der Waals surface area contributed by atoms with Crippen LogP contribution >= 0.6 is 0 Å². The third-order valence-corrected chi connectivity index (χ3v) is 2.17. The molecule has 0 spiro atoms. The predicted octanol–water partition coefficient (Wildman–Crippen LogP) is 2.25. The number of nitrogens with two attached hydrogens (primary N) is 1. The third-order valence-electron chi connectivity index (χ3n) is 2.17. The third kappa shape index (κ3) is 1.37. The number of nitrogen functional groups attached to an aromatic ring is 1. The van der Waals surface area contributed by atoms with Crippen LogP contribution in [0.2, 0.25) is 0 Å². The Labute approximate surface area is 83.0 Å². The number of pyridine rings is 1. The van der Waals surface area contributed by atoms with Crippen molar-refractivity contribution in [2.75, 3.05) is 17.6 Å². The number of nitrogens with zero attached hydrogens (tertiary/aromatic N) is 1. The van der Waals surface area contributed by atoms with Gasteiger partial charge in [0.15, 0.2) is 0 Å². The molecule has 0 aliphatic heterocycles. The first-order valence-corrected chi connectivity index (χ1v) is 4.70. The van der Waals surface area contributed by atoms with E-state index in [1.54, 1.807) is 6.20 Å². The molecule has 3 N–H and O–H groups in total. The van der Waals surface area contributed by atoms with Crippen LogP contribution in [0, 0.1) is 0 Å². The number of hydrogen-bond acceptors (Lipinski definition) is 3. The van der Waals surface area contributed by atoms with Crippen molar-refractivity contribution in [1.29, 1.82) is 0 Å². The van der Waals surface area contributed by atoms with Crippen LogP contribution in [0.15, 0.2) is 30.5 Å². The Balaban J connectivity index is 2.68. The zero-order chi connectivity index (χ0) is 9.97. The van der Waals surface area contributed by atoms with Gasteiger partial charge in [-0.25, -0.2) is 0 Å². The van der Waals surface area contributed by atoms with Gasteiger partial charge in [0.2, 0.25) is 0 Å². The number of hydrogen-bond donors (Lipinski definition) is 2. The van der Waals surface area contributed by atoms with Crippen LogP contribution in [0.1, 0.15) is 6.92 Å². The normalized spacial score (nSPS) is 10.4. The molecular weight excluding hydrogens is 174 g/mol. The number of aromatic nitrogens is 1. The highest BCUT2D eigenvalue weighted by molar-refractivity contribution is 5.98. The zero-order valence-corrected chi connectivity index (χ0v) is 8.12. The minimum atomic E-state index is 0.773. The second-order valence-corrected chi connectivity index (χ2v) is 3.13. The molecule has 0 atom stereocenters. The molecule has 0 aliphatic rings. The average Bonchev–Trinajstić information content (AvgIpc) is 2.23. The molecule has 1 heterocycles. The SMILES string of the molecule is CCNc1ccc(N)c2cccnc12. The molecular formula is C11H13N3. The summed E-state index contributed by atoms with van der Waals surface area (Å²) >= 11 is 0. The molecule has 72 valence electrons. The van der Waals surface area contributed by atoms with Gasteiger partial charge in [-0.2, -0.15) is 0 Å². The number of anilines is 2. The lowest BCUT2D eigenvalue weighted by Gasteiger charge is -2.08. The summed E-state index contributed by atoms with van der Waals surface area (Å²) in [5, 5.41) is 4.27. The van der Waals surface area contributed by atoms with Gasteiger partial charge >= 0.3 is 0 Å². The van der Waals surface area contributed by atoms with Crippen LogP contribution in [-0.2, 0) is 0 Å². The van der Waals surface area contributed by atoms with Crippen molar-refractivity contribution >= 4 is 22.3 Å². The van der Waals surface area contributed by atoms with E-state index >= 15 is 0 Å². The van der Waals surface area contributed by atoms with Crippen molar-refractivity contribution < 1.29 is 0 Å². The quantitative estimate of drug-likeness (QED) is 0.709. The molecule has 0 unspecified atom stereocenters. The summed E-state index contributed by atoms with van der Waals surface area (Å²) in [6.45, 7) is 2.95. The maximum Gasteiger partial charge on any atom is 0.0953 e. The Morgan fingerprint density at radius 2 is 2.21 bits per heavy atom. The van der Waals surface area contributed by atoms with Crippen molar-refractivity contribution in [3.63, 3.8) is 0 Å². The molecule has 0 bridgehead atoms. The van der Waals surface area contributed by atoms with Gasteiger partial charge in [0.05, 0.1) is 11.2 Å². The largest absolute Gasteiger partial charge is 0.398 e. The molecule has 2 rings (SSSR count). The van der Waals surface area contributed by atoms with E-state index in [2.05, 4.69) is 17.2 Å². The first-order valence-electron chi connectivity index (χ1n) is 4.70. The smallest absolute Gasteiger partial charge is 0.0953 e. The lowest BCUT2D eigenvalue weighted by Crippen LogP contribution is -1.99. The van der Waals surface area contributed by atoms with Gasteiger partial charge in [-0.15, -0.1) is 0 Å². The van der Waals surface area contributed by atoms with Crippen molar-refractivity contribution in [3.8, 4) is 0 Å². The van der Waals surface area contributed by atoms with Crippen molar-refractivity contribution in [1.82, 2.24) is 4.98 Å². The van der Waals surface area contributed by atoms with Crippen LogP contribution in [-0.4, -0.2) is 11.5 Å². The molecule has 0 aliphatic carbocycles. The predicted molar refractivity (Wildman–Crippen MR) is 60.3 cm³/mol. The van der Waals surface area contributed by atoms with Gasteiger partial charge < -0.3 is 11.1 Å². The van der Waals surface area contributed by atoms with E-state index in [0.29, 0.717) is 0 Å². The maximum atomic E-state index is 5.85. The minimum absolute atomic E-state index is 0.773. The van der Waals surface area contributed by atoms with Crippen molar-refractivity contribution in [3.05, 3.63) is 30.5 Å². The van der Waals surface area contributed by atoms with Crippen LogP contribution in [0.4, 0.5) is 11.4 Å². The monoisotopic (exact) mass is 187 g/mol. The van der Waals surface area contributed by atoms with Crippen molar-refractivity contribution in [2.45, 2.75) is 6.92 Å². The van der Waals surface area contributed by atoms with E-state index in [-0.39, 0.29) is 0 Å². The van der Waals surface area contributed by atoms with Gasteiger partial charge in [0.1, 0.15) is 0 Å². The van der Waals surface area contributed by atoms with E-state index in [1.165, 1.54) is 0 Å². The Bertz CT molecular complexity index is 451. The van der Waals surface area contributed by atoms with E-state index < -0.39 is 0 Å². The average molecular weight is 187 g/mol. The van der Waals surface area contributed by atoms with Gasteiger partial charge in [0, 0.05) is 23.8 Å². The number of rotatable bonds is 2. The summed E-state index contributed by atoms with van der Waals surface area (Å²) in [5.74, 6) is 0.